The SMILES string of the molecule is CCCn1c(Cl)c(/C=C/C(=O)O)c2ccc(C)c(C)c21. The number of aromatic nitrogens is 1. The van der Waals surface area contributed by atoms with E-state index in [1.54, 1.807) is 6.08 Å². The molecular formula is C16H18ClNO2. The second-order valence-corrected chi connectivity index (χ2v) is 5.29. The van der Waals surface area contributed by atoms with Gasteiger partial charge in [0.1, 0.15) is 5.15 Å². The van der Waals surface area contributed by atoms with E-state index in [1.165, 1.54) is 11.1 Å². The molecular weight excluding hydrogens is 274 g/mol. The average Bonchev–Trinajstić information content (AvgIpc) is 2.66. The summed E-state index contributed by atoms with van der Waals surface area (Å²) in [6, 6.07) is 4.06. The number of fused-ring (bicyclic) bond motifs is 1. The number of benzene rings is 1. The number of carboxylic acids is 1. The third kappa shape index (κ3) is 2.46. The maximum Gasteiger partial charge on any atom is 0.328 e. The van der Waals surface area contributed by atoms with Crippen molar-refractivity contribution >= 4 is 34.5 Å². The maximum absolute atomic E-state index is 10.7. The van der Waals surface area contributed by atoms with Gasteiger partial charge in [0.15, 0.2) is 0 Å². The normalized spacial score (nSPS) is 11.6. The summed E-state index contributed by atoms with van der Waals surface area (Å²) in [6.45, 7) is 7.06. The molecule has 106 valence electrons. The van der Waals surface area contributed by atoms with Crippen molar-refractivity contribution < 1.29 is 9.90 Å². The lowest BCUT2D eigenvalue weighted by atomic mass is 10.0. The molecule has 1 aromatic carbocycles. The first-order valence-electron chi connectivity index (χ1n) is 6.66. The second kappa shape index (κ2) is 5.71. The molecule has 0 bridgehead atoms. The third-order valence-corrected chi connectivity index (χ3v) is 3.97. The van der Waals surface area contributed by atoms with Crippen LogP contribution in [0.5, 0.6) is 0 Å². The summed E-state index contributed by atoms with van der Waals surface area (Å²) >= 11 is 6.46. The van der Waals surface area contributed by atoms with Gasteiger partial charge in [0.25, 0.3) is 0 Å². The van der Waals surface area contributed by atoms with Crippen molar-refractivity contribution in [3.05, 3.63) is 40.1 Å². The van der Waals surface area contributed by atoms with Gasteiger partial charge in [-0.15, -0.1) is 0 Å². The van der Waals surface area contributed by atoms with Gasteiger partial charge in [0.05, 0.1) is 5.52 Å². The van der Waals surface area contributed by atoms with Crippen molar-refractivity contribution in [1.29, 1.82) is 0 Å². The molecule has 0 radical (unpaired) electrons. The van der Waals surface area contributed by atoms with Crippen LogP contribution in [0.2, 0.25) is 5.15 Å². The Hall–Kier alpha value is -1.74. The van der Waals surface area contributed by atoms with Crippen molar-refractivity contribution in [1.82, 2.24) is 4.57 Å². The van der Waals surface area contributed by atoms with Crippen LogP contribution < -0.4 is 0 Å². The number of aryl methyl sites for hydroxylation is 3. The van der Waals surface area contributed by atoms with Gasteiger partial charge in [-0.05, 0) is 37.5 Å². The number of nitrogens with zero attached hydrogens (tertiary/aromatic N) is 1. The summed E-state index contributed by atoms with van der Waals surface area (Å²) in [4.78, 5) is 10.7. The van der Waals surface area contributed by atoms with Crippen molar-refractivity contribution in [3.8, 4) is 0 Å². The number of aliphatic carboxylic acids is 1. The highest BCUT2D eigenvalue weighted by molar-refractivity contribution is 6.33. The minimum Gasteiger partial charge on any atom is -0.478 e. The molecule has 1 N–H and O–H groups in total. The fourth-order valence-corrected chi connectivity index (χ4v) is 2.80. The summed E-state index contributed by atoms with van der Waals surface area (Å²) in [5.74, 6) is -0.971. The molecule has 20 heavy (non-hydrogen) atoms. The standard InChI is InChI=1S/C16H18ClNO2/c1-4-9-18-15-11(3)10(2)5-6-12(15)13(16(18)17)7-8-14(19)20/h5-8H,4,9H2,1-3H3,(H,19,20)/b8-7+. The molecule has 3 nitrogen and oxygen atoms in total. The van der Waals surface area contributed by atoms with Crippen molar-refractivity contribution in [3.63, 3.8) is 0 Å². The van der Waals surface area contributed by atoms with E-state index in [0.717, 1.165) is 35.5 Å². The zero-order chi connectivity index (χ0) is 14.9. The Labute approximate surface area is 123 Å². The van der Waals surface area contributed by atoms with E-state index in [1.807, 2.05) is 12.1 Å². The van der Waals surface area contributed by atoms with Crippen LogP contribution in [0.15, 0.2) is 18.2 Å². The van der Waals surface area contributed by atoms with Crippen molar-refractivity contribution in [2.45, 2.75) is 33.7 Å². The van der Waals surface area contributed by atoms with Crippen LogP contribution in [0, 0.1) is 13.8 Å². The van der Waals surface area contributed by atoms with E-state index < -0.39 is 5.97 Å². The molecule has 1 heterocycles. The first kappa shape index (κ1) is 14.7. The van der Waals surface area contributed by atoms with E-state index in [4.69, 9.17) is 16.7 Å². The first-order chi connectivity index (χ1) is 9.47. The van der Waals surface area contributed by atoms with Crippen LogP contribution in [0.4, 0.5) is 0 Å². The highest BCUT2D eigenvalue weighted by atomic mass is 35.5. The number of halogens is 1. The molecule has 2 rings (SSSR count). The maximum atomic E-state index is 10.7. The molecule has 0 fully saturated rings. The van der Waals surface area contributed by atoms with Crippen LogP contribution in [-0.4, -0.2) is 15.6 Å². The van der Waals surface area contributed by atoms with Gasteiger partial charge in [-0.3, -0.25) is 0 Å². The molecule has 4 heteroatoms. The molecule has 0 amide bonds. The van der Waals surface area contributed by atoms with E-state index in [-0.39, 0.29) is 0 Å². The molecule has 0 atom stereocenters. The summed E-state index contributed by atoms with van der Waals surface area (Å²) in [5, 5.41) is 10.4. The van der Waals surface area contributed by atoms with Crippen molar-refractivity contribution in [2.24, 2.45) is 0 Å². The fourth-order valence-electron chi connectivity index (χ4n) is 2.47. The largest absolute Gasteiger partial charge is 0.478 e. The van der Waals surface area contributed by atoms with Crippen LogP contribution in [0.3, 0.4) is 0 Å². The summed E-state index contributed by atoms with van der Waals surface area (Å²) in [6.07, 6.45) is 3.68. The second-order valence-electron chi connectivity index (χ2n) is 4.93. The lowest BCUT2D eigenvalue weighted by Crippen LogP contribution is -1.98. The number of carboxylic acid groups (broad SMARTS) is 1. The molecule has 1 aromatic heterocycles. The smallest absolute Gasteiger partial charge is 0.328 e. The summed E-state index contributed by atoms with van der Waals surface area (Å²) in [5.41, 5.74) is 4.27. The lowest BCUT2D eigenvalue weighted by molar-refractivity contribution is -0.131. The molecule has 0 aliphatic heterocycles. The summed E-state index contributed by atoms with van der Waals surface area (Å²) < 4.78 is 2.07. The third-order valence-electron chi connectivity index (χ3n) is 3.56. The van der Waals surface area contributed by atoms with Crippen LogP contribution in [0.1, 0.15) is 30.0 Å². The van der Waals surface area contributed by atoms with Crippen LogP contribution in [0.25, 0.3) is 17.0 Å². The zero-order valence-corrected chi connectivity index (χ0v) is 12.7. The lowest BCUT2D eigenvalue weighted by Gasteiger charge is -2.08. The van der Waals surface area contributed by atoms with E-state index >= 15 is 0 Å². The minimum absolute atomic E-state index is 0.605. The van der Waals surface area contributed by atoms with Crippen LogP contribution >= 0.6 is 11.6 Å². The highest BCUT2D eigenvalue weighted by Crippen LogP contribution is 2.34. The zero-order valence-electron chi connectivity index (χ0n) is 11.9. The number of hydrogen-bond donors (Lipinski definition) is 1. The number of hydrogen-bond acceptors (Lipinski definition) is 1. The Morgan fingerprint density at radius 1 is 1.40 bits per heavy atom. The first-order valence-corrected chi connectivity index (χ1v) is 7.04. The van der Waals surface area contributed by atoms with Gasteiger partial charge < -0.3 is 9.67 Å². The number of rotatable bonds is 4. The monoisotopic (exact) mass is 291 g/mol. The predicted molar refractivity (Wildman–Crippen MR) is 83.4 cm³/mol. The van der Waals surface area contributed by atoms with Gasteiger partial charge in [-0.25, -0.2) is 4.79 Å². The Morgan fingerprint density at radius 2 is 2.10 bits per heavy atom. The number of carbonyl (C=O) groups is 1. The molecule has 0 saturated heterocycles. The quantitative estimate of drug-likeness (QED) is 0.847. The van der Waals surface area contributed by atoms with Gasteiger partial charge in [0.2, 0.25) is 0 Å². The molecule has 0 spiro atoms. The Balaban J connectivity index is 2.79. The average molecular weight is 292 g/mol. The fraction of sp³-hybridized carbons (Fsp3) is 0.312. The van der Waals surface area contributed by atoms with Gasteiger partial charge in [-0.1, -0.05) is 30.7 Å². The van der Waals surface area contributed by atoms with Gasteiger partial charge in [0, 0.05) is 23.6 Å². The predicted octanol–water partition coefficient (Wildman–Crippen LogP) is 4.42. The Kier molecular flexibility index (Phi) is 4.19. The molecule has 0 aliphatic carbocycles. The molecule has 0 aliphatic rings. The van der Waals surface area contributed by atoms with Gasteiger partial charge >= 0.3 is 5.97 Å². The Morgan fingerprint density at radius 3 is 2.70 bits per heavy atom. The minimum atomic E-state index is -0.971. The van der Waals surface area contributed by atoms with E-state index in [2.05, 4.69) is 25.3 Å². The van der Waals surface area contributed by atoms with Gasteiger partial charge in [-0.2, -0.15) is 0 Å². The Bertz CT molecular complexity index is 698. The van der Waals surface area contributed by atoms with Crippen LogP contribution in [-0.2, 0) is 11.3 Å². The highest BCUT2D eigenvalue weighted by Gasteiger charge is 2.16. The van der Waals surface area contributed by atoms with Crippen molar-refractivity contribution in [2.75, 3.05) is 0 Å². The molecule has 2 aromatic rings. The molecule has 0 unspecified atom stereocenters. The molecule has 0 saturated carbocycles. The topological polar surface area (TPSA) is 42.2 Å². The van der Waals surface area contributed by atoms with E-state index in [9.17, 15) is 4.79 Å². The van der Waals surface area contributed by atoms with E-state index in [0.29, 0.717) is 5.15 Å². The summed E-state index contributed by atoms with van der Waals surface area (Å²) in [7, 11) is 0.